The SMILES string of the molecule is C/C=C/c1sccc1-c1c(-c2cccs2)n(S(=O)(=O)C2CCCCC2)c2ccccc12. The van der Waals surface area contributed by atoms with E-state index in [1.807, 2.05) is 48.7 Å². The van der Waals surface area contributed by atoms with Gasteiger partial charge < -0.3 is 0 Å². The Morgan fingerprint density at radius 3 is 2.52 bits per heavy atom. The summed E-state index contributed by atoms with van der Waals surface area (Å²) < 4.78 is 29.8. The summed E-state index contributed by atoms with van der Waals surface area (Å²) in [4.78, 5) is 2.14. The van der Waals surface area contributed by atoms with Gasteiger partial charge in [-0.3, -0.25) is 0 Å². The van der Waals surface area contributed by atoms with E-state index in [0.717, 1.165) is 69.6 Å². The highest BCUT2D eigenvalue weighted by atomic mass is 32.2. The largest absolute Gasteiger partial charge is 0.242 e. The lowest BCUT2D eigenvalue weighted by molar-refractivity contribution is 0.480. The van der Waals surface area contributed by atoms with Crippen LogP contribution in [0.25, 0.3) is 38.7 Å². The molecule has 1 aromatic carbocycles. The van der Waals surface area contributed by atoms with E-state index >= 15 is 0 Å². The van der Waals surface area contributed by atoms with Gasteiger partial charge in [0.25, 0.3) is 0 Å². The Kier molecular flexibility index (Phi) is 5.63. The van der Waals surface area contributed by atoms with E-state index in [9.17, 15) is 8.42 Å². The van der Waals surface area contributed by atoms with Gasteiger partial charge in [-0.15, -0.1) is 22.7 Å². The van der Waals surface area contributed by atoms with E-state index in [-0.39, 0.29) is 5.25 Å². The molecule has 0 aliphatic heterocycles. The number of hydrogen-bond donors (Lipinski definition) is 0. The van der Waals surface area contributed by atoms with Crippen molar-refractivity contribution in [3.63, 3.8) is 0 Å². The third-order valence-electron chi connectivity index (χ3n) is 6.10. The van der Waals surface area contributed by atoms with Crippen LogP contribution in [0.4, 0.5) is 0 Å². The minimum Gasteiger partial charge on any atom is -0.235 e. The first-order chi connectivity index (χ1) is 15.1. The van der Waals surface area contributed by atoms with E-state index in [1.54, 1.807) is 26.6 Å². The van der Waals surface area contributed by atoms with Crippen molar-refractivity contribution in [3.05, 3.63) is 64.2 Å². The van der Waals surface area contributed by atoms with E-state index in [0.29, 0.717) is 0 Å². The molecule has 160 valence electrons. The van der Waals surface area contributed by atoms with Gasteiger partial charge >= 0.3 is 0 Å². The molecule has 0 atom stereocenters. The van der Waals surface area contributed by atoms with Gasteiger partial charge in [0.2, 0.25) is 10.0 Å². The zero-order chi connectivity index (χ0) is 21.4. The summed E-state index contributed by atoms with van der Waals surface area (Å²) in [7, 11) is -3.53. The van der Waals surface area contributed by atoms with Gasteiger partial charge in [0.05, 0.1) is 21.3 Å². The predicted octanol–water partition coefficient (Wildman–Crippen LogP) is 7.64. The number of hydrogen-bond acceptors (Lipinski definition) is 4. The lowest BCUT2D eigenvalue weighted by atomic mass is 10.0. The van der Waals surface area contributed by atoms with Crippen LogP contribution in [0.1, 0.15) is 43.9 Å². The van der Waals surface area contributed by atoms with Crippen LogP contribution >= 0.6 is 22.7 Å². The number of para-hydroxylation sites is 1. The highest BCUT2D eigenvalue weighted by molar-refractivity contribution is 7.90. The number of aromatic nitrogens is 1. The summed E-state index contributed by atoms with van der Waals surface area (Å²) in [5, 5.41) is 4.79. The molecule has 4 aromatic rings. The first kappa shape index (κ1) is 20.7. The molecule has 0 bridgehead atoms. The van der Waals surface area contributed by atoms with Gasteiger partial charge in [0.15, 0.2) is 0 Å². The maximum absolute atomic E-state index is 14.1. The van der Waals surface area contributed by atoms with E-state index in [2.05, 4.69) is 23.6 Å². The van der Waals surface area contributed by atoms with E-state index < -0.39 is 10.0 Å². The lowest BCUT2D eigenvalue weighted by Gasteiger charge is -2.24. The van der Waals surface area contributed by atoms with Crippen molar-refractivity contribution < 1.29 is 8.42 Å². The van der Waals surface area contributed by atoms with Gasteiger partial charge in [0.1, 0.15) is 0 Å². The fourth-order valence-corrected chi connectivity index (χ4v) is 8.50. The molecule has 1 aliphatic carbocycles. The number of benzene rings is 1. The van der Waals surface area contributed by atoms with Crippen LogP contribution in [0.15, 0.2) is 59.3 Å². The summed E-state index contributed by atoms with van der Waals surface area (Å²) in [6.07, 6.45) is 8.74. The highest BCUT2D eigenvalue weighted by Crippen LogP contribution is 2.46. The maximum Gasteiger partial charge on any atom is 0.242 e. The standard InChI is InChI=1S/C25H25NO2S3/c1-2-9-22-20(15-17-30-22)24-19-12-6-7-13-21(19)26(25(24)23-14-8-16-29-23)31(27,28)18-10-4-3-5-11-18/h2,6-9,12-18H,3-5,10-11H2,1H3/b9-2+. The molecule has 1 aliphatic rings. The van der Waals surface area contributed by atoms with Crippen molar-refractivity contribution in [2.75, 3.05) is 0 Å². The summed E-state index contributed by atoms with van der Waals surface area (Å²) in [5.74, 6) is 0. The van der Waals surface area contributed by atoms with E-state index in [4.69, 9.17) is 0 Å². The second-order valence-corrected chi connectivity index (χ2v) is 11.9. The van der Waals surface area contributed by atoms with Gasteiger partial charge in [-0.05, 0) is 54.8 Å². The molecule has 3 nitrogen and oxygen atoms in total. The third kappa shape index (κ3) is 3.51. The molecular formula is C25H25NO2S3. The number of thiophene rings is 2. The van der Waals surface area contributed by atoms with Crippen LogP contribution in [-0.2, 0) is 10.0 Å². The zero-order valence-corrected chi connectivity index (χ0v) is 19.9. The topological polar surface area (TPSA) is 39.1 Å². The Morgan fingerprint density at radius 2 is 1.77 bits per heavy atom. The molecule has 0 N–H and O–H groups in total. The second kappa shape index (κ2) is 8.41. The van der Waals surface area contributed by atoms with Gasteiger partial charge in [-0.1, -0.05) is 49.6 Å². The van der Waals surface area contributed by atoms with Crippen LogP contribution < -0.4 is 0 Å². The molecule has 0 radical (unpaired) electrons. The van der Waals surface area contributed by atoms with Gasteiger partial charge in [0, 0.05) is 21.4 Å². The Labute approximate surface area is 191 Å². The van der Waals surface area contributed by atoms with Crippen molar-refractivity contribution in [2.24, 2.45) is 0 Å². The molecular weight excluding hydrogens is 442 g/mol. The second-order valence-electron chi connectivity index (χ2n) is 7.99. The Hall–Kier alpha value is -2.15. The van der Waals surface area contributed by atoms with E-state index in [1.165, 1.54) is 0 Å². The minimum atomic E-state index is -3.53. The molecule has 1 saturated carbocycles. The Bertz CT molecular complexity index is 1330. The van der Waals surface area contributed by atoms with Gasteiger partial charge in [-0.25, -0.2) is 12.4 Å². The highest BCUT2D eigenvalue weighted by Gasteiger charge is 2.34. The molecule has 5 rings (SSSR count). The fourth-order valence-electron chi connectivity index (χ4n) is 4.71. The van der Waals surface area contributed by atoms with Crippen LogP contribution in [0, 0.1) is 0 Å². The van der Waals surface area contributed by atoms with Crippen LogP contribution in [0.2, 0.25) is 0 Å². The number of fused-ring (bicyclic) bond motifs is 1. The first-order valence-electron chi connectivity index (χ1n) is 10.7. The molecule has 31 heavy (non-hydrogen) atoms. The maximum atomic E-state index is 14.1. The summed E-state index contributed by atoms with van der Waals surface area (Å²) >= 11 is 3.29. The molecule has 3 aromatic heterocycles. The zero-order valence-electron chi connectivity index (χ0n) is 17.5. The molecule has 6 heteroatoms. The minimum absolute atomic E-state index is 0.318. The number of rotatable bonds is 5. The van der Waals surface area contributed by atoms with Gasteiger partial charge in [-0.2, -0.15) is 0 Å². The normalized spacial score (nSPS) is 15.9. The lowest BCUT2D eigenvalue weighted by Crippen LogP contribution is -2.29. The average Bonchev–Trinajstić information content (AvgIpc) is 3.53. The molecule has 1 fully saturated rings. The van der Waals surface area contributed by atoms with Crippen LogP contribution in [-0.4, -0.2) is 17.6 Å². The summed E-state index contributed by atoms with van der Waals surface area (Å²) in [6, 6.07) is 14.1. The smallest absolute Gasteiger partial charge is 0.235 e. The summed E-state index contributed by atoms with van der Waals surface area (Å²) in [5.41, 5.74) is 3.71. The predicted molar refractivity (Wildman–Crippen MR) is 134 cm³/mol. The number of allylic oxidation sites excluding steroid dienone is 1. The van der Waals surface area contributed by atoms with Crippen LogP contribution in [0.3, 0.4) is 0 Å². The van der Waals surface area contributed by atoms with Crippen molar-refractivity contribution in [1.29, 1.82) is 0 Å². The van der Waals surface area contributed by atoms with Crippen LogP contribution in [0.5, 0.6) is 0 Å². The molecule has 0 amide bonds. The average molecular weight is 468 g/mol. The van der Waals surface area contributed by atoms with Crippen molar-refractivity contribution >= 4 is 49.7 Å². The Balaban J connectivity index is 1.88. The quantitative estimate of drug-likeness (QED) is 0.302. The molecule has 0 saturated heterocycles. The molecule has 0 spiro atoms. The molecule has 3 heterocycles. The van der Waals surface area contributed by atoms with Crippen molar-refractivity contribution in [2.45, 2.75) is 44.3 Å². The van der Waals surface area contributed by atoms with Crippen molar-refractivity contribution in [3.8, 4) is 21.7 Å². The number of nitrogens with zero attached hydrogens (tertiary/aromatic N) is 1. The summed E-state index contributed by atoms with van der Waals surface area (Å²) in [6.45, 7) is 2.01. The van der Waals surface area contributed by atoms with Crippen molar-refractivity contribution in [1.82, 2.24) is 3.97 Å². The molecule has 0 unspecified atom stereocenters. The Morgan fingerprint density at radius 1 is 0.968 bits per heavy atom. The monoisotopic (exact) mass is 467 g/mol. The third-order valence-corrected chi connectivity index (χ3v) is 10.1. The first-order valence-corrected chi connectivity index (χ1v) is 14.0. The fraction of sp³-hybridized carbons (Fsp3) is 0.280.